The highest BCUT2D eigenvalue weighted by molar-refractivity contribution is 7.89. The van der Waals surface area contributed by atoms with E-state index in [9.17, 15) is 26.4 Å². The summed E-state index contributed by atoms with van der Waals surface area (Å²) >= 11 is 6.04. The molecule has 0 aromatic heterocycles. The maximum absolute atomic E-state index is 13.2. The van der Waals surface area contributed by atoms with E-state index in [1.807, 2.05) is 23.1 Å². The molecule has 4 rings (SSSR count). The van der Waals surface area contributed by atoms with Crippen LogP contribution < -0.4 is 9.80 Å². The van der Waals surface area contributed by atoms with Crippen molar-refractivity contribution >= 4 is 38.9 Å². The molecule has 0 saturated carbocycles. The van der Waals surface area contributed by atoms with Gasteiger partial charge in [-0.1, -0.05) is 17.7 Å². The van der Waals surface area contributed by atoms with Crippen LogP contribution in [0.1, 0.15) is 12.0 Å². The molecule has 0 atom stereocenters. The van der Waals surface area contributed by atoms with Crippen molar-refractivity contribution in [3.05, 3.63) is 53.1 Å². The molecule has 2 aliphatic rings. The van der Waals surface area contributed by atoms with Crippen molar-refractivity contribution in [2.24, 2.45) is 0 Å². The number of hydrogen-bond donors (Lipinski definition) is 0. The number of carbonyl (C=O) groups is 1. The van der Waals surface area contributed by atoms with Crippen molar-refractivity contribution in [1.82, 2.24) is 4.31 Å². The number of hydrogen-bond acceptors (Lipinski definition) is 4. The predicted molar refractivity (Wildman–Crippen MR) is 116 cm³/mol. The van der Waals surface area contributed by atoms with Gasteiger partial charge in [0.25, 0.3) is 0 Å². The highest BCUT2D eigenvalue weighted by atomic mass is 35.5. The number of fused-ring (bicyclic) bond motifs is 1. The summed E-state index contributed by atoms with van der Waals surface area (Å²) in [6, 6.07) is 11.3. The molecule has 0 bridgehead atoms. The van der Waals surface area contributed by atoms with E-state index in [2.05, 4.69) is 0 Å². The second-order valence-electron chi connectivity index (χ2n) is 7.72. The second kappa shape index (κ2) is 8.57. The lowest BCUT2D eigenvalue weighted by atomic mass is 10.0. The molecule has 0 spiro atoms. The Morgan fingerprint density at radius 2 is 1.69 bits per heavy atom. The van der Waals surface area contributed by atoms with Crippen LogP contribution in [0.25, 0.3) is 0 Å². The molecule has 2 aliphatic heterocycles. The summed E-state index contributed by atoms with van der Waals surface area (Å²) in [5, 5.41) is 0.602. The van der Waals surface area contributed by atoms with Crippen LogP contribution >= 0.6 is 11.6 Å². The largest absolute Gasteiger partial charge is 0.471 e. The minimum Gasteiger partial charge on any atom is -0.369 e. The van der Waals surface area contributed by atoms with Crippen molar-refractivity contribution in [2.75, 3.05) is 42.5 Å². The number of anilines is 2. The summed E-state index contributed by atoms with van der Waals surface area (Å²) in [7, 11) is -3.82. The minimum absolute atomic E-state index is 0.0220. The molecule has 0 aliphatic carbocycles. The van der Waals surface area contributed by atoms with E-state index in [-0.39, 0.29) is 30.2 Å². The fraction of sp³-hybridized carbons (Fsp3) is 0.381. The Kier molecular flexibility index (Phi) is 6.12. The number of nitrogens with zero attached hydrogens (tertiary/aromatic N) is 3. The van der Waals surface area contributed by atoms with Crippen LogP contribution in [0.5, 0.6) is 0 Å². The highest BCUT2D eigenvalue weighted by Gasteiger charge is 2.44. The summed E-state index contributed by atoms with van der Waals surface area (Å²) in [6.07, 6.45) is -4.25. The Morgan fingerprint density at radius 1 is 0.969 bits per heavy atom. The van der Waals surface area contributed by atoms with E-state index in [1.165, 1.54) is 22.5 Å². The van der Waals surface area contributed by atoms with Crippen molar-refractivity contribution in [3.8, 4) is 0 Å². The molecule has 11 heteroatoms. The van der Waals surface area contributed by atoms with Gasteiger partial charge >= 0.3 is 12.1 Å². The Labute approximate surface area is 189 Å². The molecule has 172 valence electrons. The third-order valence-electron chi connectivity index (χ3n) is 5.71. The van der Waals surface area contributed by atoms with E-state index in [0.717, 1.165) is 5.69 Å². The lowest BCUT2D eigenvalue weighted by Gasteiger charge is -2.36. The summed E-state index contributed by atoms with van der Waals surface area (Å²) < 4.78 is 66.4. The van der Waals surface area contributed by atoms with E-state index in [0.29, 0.717) is 41.4 Å². The Balaban J connectivity index is 1.52. The third kappa shape index (κ3) is 4.44. The fourth-order valence-electron chi connectivity index (χ4n) is 4.11. The van der Waals surface area contributed by atoms with E-state index in [1.54, 1.807) is 6.07 Å². The van der Waals surface area contributed by atoms with Crippen LogP contribution in [0.15, 0.2) is 47.4 Å². The number of benzene rings is 2. The number of carbonyl (C=O) groups excluding carboxylic acids is 1. The van der Waals surface area contributed by atoms with Crippen LogP contribution in [0.2, 0.25) is 5.02 Å². The molecule has 32 heavy (non-hydrogen) atoms. The molecule has 1 fully saturated rings. The number of piperazine rings is 1. The van der Waals surface area contributed by atoms with Gasteiger partial charge in [-0.25, -0.2) is 8.42 Å². The molecular formula is C21H21ClF3N3O3S. The SMILES string of the molecule is O=C(N1CCCc2cc(S(=O)(=O)N3CCN(c4cccc(Cl)c4)CC3)ccc21)C(F)(F)F. The molecule has 2 aromatic rings. The van der Waals surface area contributed by atoms with E-state index in [4.69, 9.17) is 11.6 Å². The van der Waals surface area contributed by atoms with Crippen LogP contribution in [0, 0.1) is 0 Å². The zero-order valence-electron chi connectivity index (χ0n) is 17.0. The van der Waals surface area contributed by atoms with Gasteiger partial charge < -0.3 is 9.80 Å². The van der Waals surface area contributed by atoms with Crippen molar-refractivity contribution in [2.45, 2.75) is 23.9 Å². The number of alkyl halides is 3. The Morgan fingerprint density at radius 3 is 2.34 bits per heavy atom. The van der Waals surface area contributed by atoms with E-state index >= 15 is 0 Å². The first kappa shape index (κ1) is 22.9. The van der Waals surface area contributed by atoms with Crippen molar-refractivity contribution < 1.29 is 26.4 Å². The van der Waals surface area contributed by atoms with Gasteiger partial charge in [0, 0.05) is 49.1 Å². The van der Waals surface area contributed by atoms with Gasteiger partial charge in [0.05, 0.1) is 4.90 Å². The first-order chi connectivity index (χ1) is 15.1. The molecule has 0 unspecified atom stereocenters. The monoisotopic (exact) mass is 487 g/mol. The van der Waals surface area contributed by atoms with Gasteiger partial charge in [0.15, 0.2) is 0 Å². The topological polar surface area (TPSA) is 60.9 Å². The molecule has 0 N–H and O–H groups in total. The summed E-state index contributed by atoms with van der Waals surface area (Å²) in [6.45, 7) is 1.45. The Hall–Kier alpha value is -2.30. The van der Waals surface area contributed by atoms with Gasteiger partial charge in [0.2, 0.25) is 10.0 Å². The van der Waals surface area contributed by atoms with Gasteiger partial charge in [-0.05, 0) is 54.8 Å². The number of amides is 1. The Bertz CT molecular complexity index is 1130. The zero-order chi connectivity index (χ0) is 23.1. The average Bonchev–Trinajstić information content (AvgIpc) is 2.77. The fourth-order valence-corrected chi connectivity index (χ4v) is 5.76. The normalized spacial score (nSPS) is 17.9. The first-order valence-electron chi connectivity index (χ1n) is 10.1. The van der Waals surface area contributed by atoms with E-state index < -0.39 is 22.1 Å². The molecule has 2 heterocycles. The quantitative estimate of drug-likeness (QED) is 0.662. The average molecular weight is 488 g/mol. The first-order valence-corrected chi connectivity index (χ1v) is 11.9. The summed E-state index contributed by atoms with van der Waals surface area (Å²) in [5.41, 5.74) is 1.45. The maximum atomic E-state index is 13.2. The van der Waals surface area contributed by atoms with Crippen LogP contribution in [0.4, 0.5) is 24.5 Å². The lowest BCUT2D eigenvalue weighted by Crippen LogP contribution is -2.48. The second-order valence-corrected chi connectivity index (χ2v) is 10.1. The number of sulfonamides is 1. The minimum atomic E-state index is -4.98. The standard InChI is InChI=1S/C21H21ClF3N3O3S/c22-16-4-1-5-17(14-16)26-9-11-27(12-10-26)32(30,31)18-6-7-19-15(13-18)3-2-8-28(19)20(29)21(23,24)25/h1,4-7,13-14H,2-3,8-12H2. The smallest absolute Gasteiger partial charge is 0.369 e. The van der Waals surface area contributed by atoms with Crippen molar-refractivity contribution in [3.63, 3.8) is 0 Å². The number of halogens is 4. The molecular weight excluding hydrogens is 467 g/mol. The van der Waals surface area contributed by atoms with Crippen LogP contribution in [0.3, 0.4) is 0 Å². The molecule has 1 saturated heterocycles. The van der Waals surface area contributed by atoms with Gasteiger partial charge in [0.1, 0.15) is 0 Å². The van der Waals surface area contributed by atoms with Crippen LogP contribution in [-0.2, 0) is 21.2 Å². The van der Waals surface area contributed by atoms with Gasteiger partial charge in [-0.15, -0.1) is 0 Å². The van der Waals surface area contributed by atoms with Crippen LogP contribution in [-0.4, -0.2) is 57.5 Å². The number of aryl methyl sites for hydroxylation is 1. The highest BCUT2D eigenvalue weighted by Crippen LogP contribution is 2.33. The van der Waals surface area contributed by atoms with Gasteiger partial charge in [-0.2, -0.15) is 17.5 Å². The summed E-state index contributed by atoms with van der Waals surface area (Å²) in [4.78, 5) is 14.5. The maximum Gasteiger partial charge on any atom is 0.471 e. The van der Waals surface area contributed by atoms with Crippen molar-refractivity contribution in [1.29, 1.82) is 0 Å². The molecule has 2 aromatic carbocycles. The lowest BCUT2D eigenvalue weighted by molar-refractivity contribution is -0.170. The zero-order valence-corrected chi connectivity index (χ0v) is 18.6. The molecule has 0 radical (unpaired) electrons. The molecule has 1 amide bonds. The van der Waals surface area contributed by atoms with Gasteiger partial charge in [-0.3, -0.25) is 4.79 Å². The molecule has 6 nitrogen and oxygen atoms in total. The third-order valence-corrected chi connectivity index (χ3v) is 7.84. The number of rotatable bonds is 3. The summed E-state index contributed by atoms with van der Waals surface area (Å²) in [5.74, 6) is -1.94. The predicted octanol–water partition coefficient (Wildman–Crippen LogP) is 3.69.